The quantitative estimate of drug-likeness (QED) is 0.845. The number of ether oxygens (including phenoxy) is 1. The number of nitrogens with zero attached hydrogens (tertiary/aromatic N) is 2. The molecule has 2 heterocycles. The number of rotatable bonds is 5. The summed E-state index contributed by atoms with van der Waals surface area (Å²) in [5, 5.41) is 6.10. The Labute approximate surface area is 118 Å². The third-order valence-electron chi connectivity index (χ3n) is 3.76. The van der Waals surface area contributed by atoms with E-state index in [0.29, 0.717) is 17.4 Å². The molecule has 2 fully saturated rings. The fourth-order valence-electron chi connectivity index (χ4n) is 2.64. The smallest absolute Gasteiger partial charge is 0.271 e. The molecule has 2 atom stereocenters. The van der Waals surface area contributed by atoms with Crippen LogP contribution < -0.4 is 10.6 Å². The van der Waals surface area contributed by atoms with E-state index in [2.05, 4.69) is 20.6 Å². The first-order valence-corrected chi connectivity index (χ1v) is 7.26. The van der Waals surface area contributed by atoms with Crippen molar-refractivity contribution in [3.63, 3.8) is 0 Å². The van der Waals surface area contributed by atoms with Crippen LogP contribution in [0.4, 0.5) is 5.82 Å². The fraction of sp³-hybridized carbons (Fsp3) is 0.643. The molecule has 1 aromatic heterocycles. The summed E-state index contributed by atoms with van der Waals surface area (Å²) in [5.74, 6) is 1.09. The summed E-state index contributed by atoms with van der Waals surface area (Å²) in [4.78, 5) is 20.6. The van der Waals surface area contributed by atoms with Crippen LogP contribution in [0.25, 0.3) is 0 Å². The fourth-order valence-corrected chi connectivity index (χ4v) is 2.64. The summed E-state index contributed by atoms with van der Waals surface area (Å²) >= 11 is 0. The van der Waals surface area contributed by atoms with Crippen molar-refractivity contribution in [1.82, 2.24) is 15.3 Å². The van der Waals surface area contributed by atoms with Gasteiger partial charge < -0.3 is 15.4 Å². The van der Waals surface area contributed by atoms with Gasteiger partial charge in [0.1, 0.15) is 11.5 Å². The Bertz CT molecular complexity index is 490. The number of amides is 1. The van der Waals surface area contributed by atoms with Crippen LogP contribution in [0, 0.1) is 5.92 Å². The maximum atomic E-state index is 12.2. The van der Waals surface area contributed by atoms with E-state index < -0.39 is 0 Å². The summed E-state index contributed by atoms with van der Waals surface area (Å²) in [6, 6.07) is 0.111. The Morgan fingerprint density at radius 1 is 1.40 bits per heavy atom. The van der Waals surface area contributed by atoms with Gasteiger partial charge in [0.25, 0.3) is 5.91 Å². The second-order valence-corrected chi connectivity index (χ2v) is 5.36. The highest BCUT2D eigenvalue weighted by atomic mass is 16.5. The van der Waals surface area contributed by atoms with Crippen LogP contribution in [-0.4, -0.2) is 41.2 Å². The zero-order valence-corrected chi connectivity index (χ0v) is 11.6. The summed E-state index contributed by atoms with van der Waals surface area (Å²) in [7, 11) is 0. The number of aromatic nitrogens is 2. The molecule has 1 amide bonds. The molecule has 1 aliphatic carbocycles. The monoisotopic (exact) mass is 276 g/mol. The van der Waals surface area contributed by atoms with E-state index in [9.17, 15) is 4.79 Å². The molecule has 0 radical (unpaired) electrons. The third-order valence-corrected chi connectivity index (χ3v) is 3.76. The second kappa shape index (κ2) is 5.75. The van der Waals surface area contributed by atoms with Crippen LogP contribution in [-0.2, 0) is 4.74 Å². The van der Waals surface area contributed by atoms with Crippen molar-refractivity contribution in [2.24, 2.45) is 5.92 Å². The Kier molecular flexibility index (Phi) is 3.82. The largest absolute Gasteiger partial charge is 0.376 e. The standard InChI is InChI=1S/C14H20N4O2/c1-2-16-12-8-15-7-11(17-12)14(19)18-10-5-6-20-13(10)9-3-4-9/h7-10,13H,2-6H2,1H3,(H,16,17)(H,18,19). The summed E-state index contributed by atoms with van der Waals surface area (Å²) < 4.78 is 5.73. The van der Waals surface area contributed by atoms with Crippen molar-refractivity contribution < 1.29 is 9.53 Å². The molecular weight excluding hydrogens is 256 g/mol. The number of nitrogens with one attached hydrogen (secondary N) is 2. The van der Waals surface area contributed by atoms with E-state index in [1.165, 1.54) is 19.0 Å². The predicted molar refractivity (Wildman–Crippen MR) is 74.5 cm³/mol. The lowest BCUT2D eigenvalue weighted by molar-refractivity contribution is 0.0727. The minimum atomic E-state index is -0.168. The third kappa shape index (κ3) is 2.90. The maximum Gasteiger partial charge on any atom is 0.271 e. The van der Waals surface area contributed by atoms with E-state index in [1.807, 2.05) is 6.92 Å². The van der Waals surface area contributed by atoms with Gasteiger partial charge in [-0.2, -0.15) is 0 Å². The highest BCUT2D eigenvalue weighted by Gasteiger charge is 2.41. The SMILES string of the molecule is CCNc1cncc(C(=O)NC2CCOC2C2CC2)n1. The molecule has 1 aromatic rings. The molecule has 1 saturated heterocycles. The average molecular weight is 276 g/mol. The number of carbonyl (C=O) groups excluding carboxylic acids is 1. The van der Waals surface area contributed by atoms with Gasteiger partial charge >= 0.3 is 0 Å². The highest BCUT2D eigenvalue weighted by Crippen LogP contribution is 2.38. The van der Waals surface area contributed by atoms with Crippen LogP contribution in [0.5, 0.6) is 0 Å². The molecule has 0 aromatic carbocycles. The minimum Gasteiger partial charge on any atom is -0.376 e. The molecule has 2 unspecified atom stereocenters. The van der Waals surface area contributed by atoms with E-state index in [1.54, 1.807) is 6.20 Å². The Morgan fingerprint density at radius 3 is 3.00 bits per heavy atom. The summed E-state index contributed by atoms with van der Waals surface area (Å²) in [6.45, 7) is 3.46. The molecule has 20 heavy (non-hydrogen) atoms. The van der Waals surface area contributed by atoms with Crippen molar-refractivity contribution in [3.05, 3.63) is 18.1 Å². The maximum absolute atomic E-state index is 12.2. The lowest BCUT2D eigenvalue weighted by atomic mass is 10.1. The van der Waals surface area contributed by atoms with E-state index in [0.717, 1.165) is 19.6 Å². The molecule has 3 rings (SSSR count). The van der Waals surface area contributed by atoms with Gasteiger partial charge in [-0.1, -0.05) is 0 Å². The normalized spacial score (nSPS) is 25.4. The first-order chi connectivity index (χ1) is 9.78. The number of anilines is 1. The van der Waals surface area contributed by atoms with Gasteiger partial charge in [0.05, 0.1) is 24.5 Å². The van der Waals surface area contributed by atoms with E-state index in [4.69, 9.17) is 4.74 Å². The van der Waals surface area contributed by atoms with E-state index in [-0.39, 0.29) is 18.1 Å². The van der Waals surface area contributed by atoms with Crippen molar-refractivity contribution in [2.45, 2.75) is 38.3 Å². The van der Waals surface area contributed by atoms with Gasteiger partial charge in [0, 0.05) is 13.2 Å². The number of carbonyl (C=O) groups is 1. The predicted octanol–water partition coefficient (Wildman–Crippen LogP) is 1.21. The van der Waals surface area contributed by atoms with Gasteiger partial charge in [0.15, 0.2) is 0 Å². The van der Waals surface area contributed by atoms with E-state index >= 15 is 0 Å². The summed E-state index contributed by atoms with van der Waals surface area (Å²) in [5.41, 5.74) is 0.352. The molecular formula is C14H20N4O2. The van der Waals surface area contributed by atoms with Crippen LogP contribution >= 0.6 is 0 Å². The second-order valence-electron chi connectivity index (χ2n) is 5.36. The Morgan fingerprint density at radius 2 is 2.25 bits per heavy atom. The molecule has 6 heteroatoms. The van der Waals surface area contributed by atoms with Gasteiger partial charge in [0.2, 0.25) is 0 Å². The molecule has 6 nitrogen and oxygen atoms in total. The van der Waals surface area contributed by atoms with Crippen LogP contribution in [0.15, 0.2) is 12.4 Å². The number of hydrogen-bond acceptors (Lipinski definition) is 5. The summed E-state index contributed by atoms with van der Waals surface area (Å²) in [6.07, 6.45) is 6.61. The first kappa shape index (κ1) is 13.3. The number of hydrogen-bond donors (Lipinski definition) is 2. The lowest BCUT2D eigenvalue weighted by Crippen LogP contribution is -2.41. The minimum absolute atomic E-state index is 0.111. The van der Waals surface area contributed by atoms with Gasteiger partial charge in [-0.15, -0.1) is 0 Å². The van der Waals surface area contributed by atoms with Crippen LogP contribution in [0.2, 0.25) is 0 Å². The molecule has 1 saturated carbocycles. The first-order valence-electron chi connectivity index (χ1n) is 7.26. The molecule has 0 bridgehead atoms. The lowest BCUT2D eigenvalue weighted by Gasteiger charge is -2.19. The van der Waals surface area contributed by atoms with Crippen LogP contribution in [0.3, 0.4) is 0 Å². The van der Waals surface area contributed by atoms with Crippen molar-refractivity contribution in [2.75, 3.05) is 18.5 Å². The average Bonchev–Trinajstić information content (AvgIpc) is 3.20. The van der Waals surface area contributed by atoms with Crippen molar-refractivity contribution in [1.29, 1.82) is 0 Å². The highest BCUT2D eigenvalue weighted by molar-refractivity contribution is 5.92. The van der Waals surface area contributed by atoms with Gasteiger partial charge in [-0.25, -0.2) is 4.98 Å². The van der Waals surface area contributed by atoms with Crippen LogP contribution in [0.1, 0.15) is 36.7 Å². The van der Waals surface area contributed by atoms with Gasteiger partial charge in [-0.3, -0.25) is 9.78 Å². The molecule has 2 N–H and O–H groups in total. The Hall–Kier alpha value is -1.69. The van der Waals surface area contributed by atoms with Crippen molar-refractivity contribution >= 4 is 11.7 Å². The van der Waals surface area contributed by atoms with Crippen molar-refractivity contribution in [3.8, 4) is 0 Å². The molecule has 1 aliphatic heterocycles. The Balaban J connectivity index is 1.64. The molecule has 108 valence electrons. The zero-order chi connectivity index (χ0) is 13.9. The molecule has 2 aliphatic rings. The molecule has 0 spiro atoms. The topological polar surface area (TPSA) is 76.1 Å². The van der Waals surface area contributed by atoms with Gasteiger partial charge in [-0.05, 0) is 32.1 Å². The zero-order valence-electron chi connectivity index (χ0n) is 11.6.